The number of nitrogens with zero attached hydrogens (tertiary/aromatic N) is 1. The molecule has 0 saturated carbocycles. The average molecular weight is 233 g/mol. The molecule has 0 spiro atoms. The van der Waals surface area contributed by atoms with Crippen molar-refractivity contribution >= 4 is 11.3 Å². The van der Waals surface area contributed by atoms with Gasteiger partial charge in [-0.1, -0.05) is 12.1 Å². The van der Waals surface area contributed by atoms with Gasteiger partial charge in [-0.2, -0.15) is 0 Å². The van der Waals surface area contributed by atoms with Gasteiger partial charge in [0.05, 0.1) is 11.8 Å². The van der Waals surface area contributed by atoms with E-state index >= 15 is 0 Å². The minimum atomic E-state index is -0.456. The predicted molar refractivity (Wildman–Crippen MR) is 66.6 cm³/mol. The van der Waals surface area contributed by atoms with Crippen molar-refractivity contribution in [2.24, 2.45) is 0 Å². The van der Waals surface area contributed by atoms with Gasteiger partial charge in [0.1, 0.15) is 0 Å². The largest absolute Gasteiger partial charge is 0.387 e. The highest BCUT2D eigenvalue weighted by Gasteiger charge is 2.09. The minimum absolute atomic E-state index is 0.456. The molecule has 1 unspecified atom stereocenters. The van der Waals surface area contributed by atoms with E-state index in [1.807, 2.05) is 31.2 Å². The molecule has 0 aliphatic rings. The van der Waals surface area contributed by atoms with E-state index in [1.54, 1.807) is 11.3 Å². The topological polar surface area (TPSA) is 33.1 Å². The summed E-state index contributed by atoms with van der Waals surface area (Å²) in [4.78, 5) is 5.64. The number of aromatic nitrogens is 1. The SMILES string of the molecule is Cc1cccc(C(O)CCc2cccs2)n1. The zero-order valence-electron chi connectivity index (χ0n) is 9.26. The number of aliphatic hydroxyl groups is 1. The zero-order valence-corrected chi connectivity index (χ0v) is 10.1. The van der Waals surface area contributed by atoms with E-state index < -0.39 is 6.10 Å². The van der Waals surface area contributed by atoms with Crippen LogP contribution in [0.3, 0.4) is 0 Å². The van der Waals surface area contributed by atoms with Crippen molar-refractivity contribution in [3.8, 4) is 0 Å². The fourth-order valence-corrected chi connectivity index (χ4v) is 2.36. The summed E-state index contributed by atoms with van der Waals surface area (Å²) < 4.78 is 0. The molecule has 0 aliphatic carbocycles. The fraction of sp³-hybridized carbons (Fsp3) is 0.308. The summed E-state index contributed by atoms with van der Waals surface area (Å²) in [5.41, 5.74) is 1.73. The van der Waals surface area contributed by atoms with Crippen molar-refractivity contribution in [1.29, 1.82) is 0 Å². The van der Waals surface area contributed by atoms with Crippen LogP contribution in [-0.2, 0) is 6.42 Å². The number of hydrogen-bond donors (Lipinski definition) is 1. The first-order valence-corrected chi connectivity index (χ1v) is 6.27. The predicted octanol–water partition coefficient (Wildman–Crippen LogP) is 3.12. The number of pyridine rings is 1. The standard InChI is InChI=1S/C13H15NOS/c1-10-4-2-6-12(14-10)13(15)8-7-11-5-3-9-16-11/h2-6,9,13,15H,7-8H2,1H3. The Morgan fingerprint density at radius 1 is 1.31 bits per heavy atom. The van der Waals surface area contributed by atoms with E-state index in [0.717, 1.165) is 24.2 Å². The van der Waals surface area contributed by atoms with Crippen molar-refractivity contribution in [2.45, 2.75) is 25.9 Å². The number of aryl methyl sites for hydroxylation is 2. The van der Waals surface area contributed by atoms with Gasteiger partial charge in [-0.05, 0) is 43.3 Å². The zero-order chi connectivity index (χ0) is 11.4. The smallest absolute Gasteiger partial charge is 0.0963 e. The molecule has 1 N–H and O–H groups in total. The normalized spacial score (nSPS) is 12.6. The molecular formula is C13H15NOS. The Kier molecular flexibility index (Phi) is 3.70. The Morgan fingerprint density at radius 3 is 2.88 bits per heavy atom. The third-order valence-electron chi connectivity index (χ3n) is 2.50. The molecule has 2 heterocycles. The third-order valence-corrected chi connectivity index (χ3v) is 3.43. The summed E-state index contributed by atoms with van der Waals surface area (Å²) in [5, 5.41) is 12.0. The molecule has 3 heteroatoms. The van der Waals surface area contributed by atoms with Crippen molar-refractivity contribution < 1.29 is 5.11 Å². The summed E-state index contributed by atoms with van der Waals surface area (Å²) in [6, 6.07) is 9.89. The maximum absolute atomic E-state index is 9.99. The van der Waals surface area contributed by atoms with Gasteiger partial charge < -0.3 is 5.11 Å². The highest BCUT2D eigenvalue weighted by Crippen LogP contribution is 2.19. The Labute approximate surface area is 99.6 Å². The van der Waals surface area contributed by atoms with E-state index in [0.29, 0.717) is 0 Å². The lowest BCUT2D eigenvalue weighted by atomic mass is 10.1. The monoisotopic (exact) mass is 233 g/mol. The summed E-state index contributed by atoms with van der Waals surface area (Å²) in [6.07, 6.45) is 1.19. The van der Waals surface area contributed by atoms with E-state index in [-0.39, 0.29) is 0 Å². The lowest BCUT2D eigenvalue weighted by Crippen LogP contribution is -2.02. The summed E-state index contributed by atoms with van der Waals surface area (Å²) in [7, 11) is 0. The molecular weight excluding hydrogens is 218 g/mol. The average Bonchev–Trinajstić information content (AvgIpc) is 2.78. The van der Waals surface area contributed by atoms with Crippen LogP contribution in [0, 0.1) is 6.92 Å². The van der Waals surface area contributed by atoms with Crippen molar-refractivity contribution in [3.63, 3.8) is 0 Å². The first-order valence-electron chi connectivity index (χ1n) is 5.40. The summed E-state index contributed by atoms with van der Waals surface area (Å²) in [5.74, 6) is 0. The van der Waals surface area contributed by atoms with E-state index in [4.69, 9.17) is 0 Å². The maximum atomic E-state index is 9.99. The molecule has 0 fully saturated rings. The highest BCUT2D eigenvalue weighted by atomic mass is 32.1. The second-order valence-electron chi connectivity index (χ2n) is 3.84. The third kappa shape index (κ3) is 2.90. The van der Waals surface area contributed by atoms with Gasteiger partial charge in [0.15, 0.2) is 0 Å². The number of aliphatic hydroxyl groups excluding tert-OH is 1. The summed E-state index contributed by atoms with van der Waals surface area (Å²) in [6.45, 7) is 1.94. The van der Waals surface area contributed by atoms with Gasteiger partial charge >= 0.3 is 0 Å². The lowest BCUT2D eigenvalue weighted by Gasteiger charge is -2.09. The molecule has 0 aliphatic heterocycles. The van der Waals surface area contributed by atoms with Crippen LogP contribution in [0.5, 0.6) is 0 Å². The van der Waals surface area contributed by atoms with Gasteiger partial charge in [0, 0.05) is 10.6 Å². The molecule has 2 aromatic heterocycles. The summed E-state index contributed by atoms with van der Waals surface area (Å²) >= 11 is 1.73. The Hall–Kier alpha value is -1.19. The quantitative estimate of drug-likeness (QED) is 0.880. The van der Waals surface area contributed by atoms with Crippen molar-refractivity contribution in [3.05, 3.63) is 52.0 Å². The van der Waals surface area contributed by atoms with Crippen LogP contribution in [-0.4, -0.2) is 10.1 Å². The molecule has 2 aromatic rings. The molecule has 0 saturated heterocycles. The van der Waals surface area contributed by atoms with E-state index in [1.165, 1.54) is 4.88 Å². The molecule has 0 bridgehead atoms. The van der Waals surface area contributed by atoms with Gasteiger partial charge in [-0.25, -0.2) is 0 Å². The molecule has 16 heavy (non-hydrogen) atoms. The molecule has 2 rings (SSSR count). The van der Waals surface area contributed by atoms with Gasteiger partial charge in [-0.15, -0.1) is 11.3 Å². The van der Waals surface area contributed by atoms with Gasteiger partial charge in [-0.3, -0.25) is 4.98 Å². The van der Waals surface area contributed by atoms with Crippen LogP contribution < -0.4 is 0 Å². The van der Waals surface area contributed by atoms with Crippen LogP contribution in [0.25, 0.3) is 0 Å². The second-order valence-corrected chi connectivity index (χ2v) is 4.87. The molecule has 0 aromatic carbocycles. The first kappa shape index (κ1) is 11.3. The van der Waals surface area contributed by atoms with Gasteiger partial charge in [0.2, 0.25) is 0 Å². The van der Waals surface area contributed by atoms with Crippen LogP contribution in [0.1, 0.15) is 28.8 Å². The number of hydrogen-bond acceptors (Lipinski definition) is 3. The highest BCUT2D eigenvalue weighted by molar-refractivity contribution is 7.09. The molecule has 1 atom stereocenters. The molecule has 0 amide bonds. The Balaban J connectivity index is 1.95. The van der Waals surface area contributed by atoms with Crippen LogP contribution in [0.2, 0.25) is 0 Å². The molecule has 0 radical (unpaired) electrons. The number of rotatable bonds is 4. The van der Waals surface area contributed by atoms with Crippen LogP contribution in [0.4, 0.5) is 0 Å². The van der Waals surface area contributed by atoms with E-state index in [2.05, 4.69) is 16.4 Å². The van der Waals surface area contributed by atoms with Crippen molar-refractivity contribution in [2.75, 3.05) is 0 Å². The Morgan fingerprint density at radius 2 is 2.19 bits per heavy atom. The number of thiophene rings is 1. The second kappa shape index (κ2) is 5.23. The van der Waals surface area contributed by atoms with E-state index in [9.17, 15) is 5.11 Å². The maximum Gasteiger partial charge on any atom is 0.0963 e. The Bertz CT molecular complexity index is 439. The lowest BCUT2D eigenvalue weighted by molar-refractivity contribution is 0.163. The molecule has 84 valence electrons. The fourth-order valence-electron chi connectivity index (χ4n) is 1.63. The minimum Gasteiger partial charge on any atom is -0.387 e. The van der Waals surface area contributed by atoms with Crippen LogP contribution in [0.15, 0.2) is 35.7 Å². The van der Waals surface area contributed by atoms with Gasteiger partial charge in [0.25, 0.3) is 0 Å². The first-order chi connectivity index (χ1) is 7.75. The van der Waals surface area contributed by atoms with Crippen LogP contribution >= 0.6 is 11.3 Å². The van der Waals surface area contributed by atoms with Crippen molar-refractivity contribution in [1.82, 2.24) is 4.98 Å². The molecule has 2 nitrogen and oxygen atoms in total.